The molecule has 2 aromatic carbocycles. The zero-order valence-corrected chi connectivity index (χ0v) is 16.8. The van der Waals surface area contributed by atoms with Crippen LogP contribution in [0.4, 0.5) is 0 Å². The van der Waals surface area contributed by atoms with E-state index in [0.717, 1.165) is 50.4 Å². The predicted molar refractivity (Wildman–Crippen MR) is 110 cm³/mol. The molecule has 0 aromatic heterocycles. The molecule has 26 heavy (non-hydrogen) atoms. The summed E-state index contributed by atoms with van der Waals surface area (Å²) in [4.78, 5) is 0. The van der Waals surface area contributed by atoms with E-state index in [1.807, 2.05) is 0 Å². The third-order valence-electron chi connectivity index (χ3n) is 4.21. The van der Waals surface area contributed by atoms with Crippen LogP contribution in [0.25, 0.3) is 0 Å². The number of hydrogen-bond acceptors (Lipinski definition) is 2. The molecule has 0 aliphatic carbocycles. The van der Waals surface area contributed by atoms with Crippen LogP contribution in [0.1, 0.15) is 51.7 Å². The number of unbranched alkanes of at least 4 members (excludes halogenated alkanes) is 1. The zero-order valence-electron chi connectivity index (χ0n) is 16.8. The monoisotopic (exact) mass is 354 g/mol. The van der Waals surface area contributed by atoms with E-state index in [0.29, 0.717) is 11.8 Å². The molecule has 0 bridgehead atoms. The van der Waals surface area contributed by atoms with Crippen molar-refractivity contribution in [1.29, 1.82) is 0 Å². The first-order valence-electron chi connectivity index (χ1n) is 9.96. The molecule has 2 rings (SSSR count). The summed E-state index contributed by atoms with van der Waals surface area (Å²) in [7, 11) is 0. The fourth-order valence-electron chi connectivity index (χ4n) is 2.97. The van der Waals surface area contributed by atoms with Crippen LogP contribution in [-0.2, 0) is 12.8 Å². The van der Waals surface area contributed by atoms with Crippen molar-refractivity contribution in [2.45, 2.75) is 53.4 Å². The Balaban J connectivity index is 1.59. The summed E-state index contributed by atoms with van der Waals surface area (Å²) in [6.07, 6.45) is 4.24. The van der Waals surface area contributed by atoms with E-state index in [9.17, 15) is 0 Å². The average Bonchev–Trinajstić information content (AvgIpc) is 2.60. The topological polar surface area (TPSA) is 18.5 Å². The zero-order chi connectivity index (χ0) is 18.8. The third kappa shape index (κ3) is 7.95. The highest BCUT2D eigenvalue weighted by Crippen LogP contribution is 2.17. The van der Waals surface area contributed by atoms with Gasteiger partial charge in [-0.2, -0.15) is 0 Å². The van der Waals surface area contributed by atoms with Gasteiger partial charge in [0.2, 0.25) is 0 Å². The molecule has 2 heteroatoms. The maximum atomic E-state index is 5.82. The highest BCUT2D eigenvalue weighted by molar-refractivity contribution is 5.28. The molecule has 0 heterocycles. The van der Waals surface area contributed by atoms with Gasteiger partial charge in [-0.3, -0.25) is 0 Å². The van der Waals surface area contributed by atoms with Gasteiger partial charge in [-0.15, -0.1) is 0 Å². The van der Waals surface area contributed by atoms with E-state index in [2.05, 4.69) is 76.2 Å². The summed E-state index contributed by atoms with van der Waals surface area (Å²) in [5.74, 6) is 3.29. The summed E-state index contributed by atoms with van der Waals surface area (Å²) in [5, 5.41) is 0. The largest absolute Gasteiger partial charge is 0.494 e. The van der Waals surface area contributed by atoms with Gasteiger partial charge in [-0.25, -0.2) is 0 Å². The van der Waals surface area contributed by atoms with Crippen molar-refractivity contribution in [3.8, 4) is 11.5 Å². The van der Waals surface area contributed by atoms with Crippen LogP contribution in [0, 0.1) is 11.8 Å². The molecule has 0 saturated heterocycles. The van der Waals surface area contributed by atoms with Gasteiger partial charge in [0.15, 0.2) is 0 Å². The first-order chi connectivity index (χ1) is 12.5. The molecule has 0 atom stereocenters. The summed E-state index contributed by atoms with van der Waals surface area (Å²) < 4.78 is 11.6. The van der Waals surface area contributed by atoms with Crippen molar-refractivity contribution >= 4 is 0 Å². The molecule has 0 aliphatic heterocycles. The van der Waals surface area contributed by atoms with Gasteiger partial charge < -0.3 is 9.47 Å². The summed E-state index contributed by atoms with van der Waals surface area (Å²) in [6.45, 7) is 10.4. The Bertz CT molecular complexity index is 554. The Hall–Kier alpha value is -1.96. The summed E-state index contributed by atoms with van der Waals surface area (Å²) in [5.41, 5.74) is 2.75. The lowest BCUT2D eigenvalue weighted by Gasteiger charge is -2.10. The first-order valence-corrected chi connectivity index (χ1v) is 9.96. The van der Waals surface area contributed by atoms with Crippen LogP contribution in [0.15, 0.2) is 48.5 Å². The smallest absolute Gasteiger partial charge is 0.119 e. The Morgan fingerprint density at radius 1 is 0.577 bits per heavy atom. The molecule has 0 saturated carbocycles. The van der Waals surface area contributed by atoms with Crippen LogP contribution >= 0.6 is 0 Å². The Kier molecular flexibility index (Phi) is 8.53. The van der Waals surface area contributed by atoms with Crippen molar-refractivity contribution in [3.63, 3.8) is 0 Å². The molecule has 0 spiro atoms. The van der Waals surface area contributed by atoms with Crippen LogP contribution in [-0.4, -0.2) is 13.2 Å². The van der Waals surface area contributed by atoms with Crippen molar-refractivity contribution < 1.29 is 9.47 Å². The van der Waals surface area contributed by atoms with Gasteiger partial charge in [0, 0.05) is 0 Å². The molecule has 0 fully saturated rings. The SMILES string of the molecule is CC(C)Cc1ccc(OCCCCOc2ccc(CC(C)C)cc2)cc1. The molecule has 0 unspecified atom stereocenters. The van der Waals surface area contributed by atoms with Crippen molar-refractivity contribution in [3.05, 3.63) is 59.7 Å². The standard InChI is InChI=1S/C24H34O2/c1-19(2)17-21-7-11-23(12-8-21)25-15-5-6-16-26-24-13-9-22(10-14-24)18-20(3)4/h7-14,19-20H,5-6,15-18H2,1-4H3. The normalized spacial score (nSPS) is 11.2. The highest BCUT2D eigenvalue weighted by atomic mass is 16.5. The number of benzene rings is 2. The van der Waals surface area contributed by atoms with Gasteiger partial charge in [0.25, 0.3) is 0 Å². The highest BCUT2D eigenvalue weighted by Gasteiger charge is 2.01. The molecular formula is C24H34O2. The van der Waals surface area contributed by atoms with Crippen LogP contribution in [0.2, 0.25) is 0 Å². The van der Waals surface area contributed by atoms with E-state index in [4.69, 9.17) is 9.47 Å². The Morgan fingerprint density at radius 2 is 0.923 bits per heavy atom. The summed E-state index contributed by atoms with van der Waals surface area (Å²) >= 11 is 0. The van der Waals surface area contributed by atoms with Crippen LogP contribution < -0.4 is 9.47 Å². The first kappa shape index (κ1) is 20.4. The predicted octanol–water partition coefficient (Wildman–Crippen LogP) is 6.32. The third-order valence-corrected chi connectivity index (χ3v) is 4.21. The maximum Gasteiger partial charge on any atom is 0.119 e. The minimum atomic E-state index is 0.688. The molecule has 142 valence electrons. The quantitative estimate of drug-likeness (QED) is 0.439. The second-order valence-electron chi connectivity index (χ2n) is 7.89. The molecule has 0 aliphatic rings. The number of hydrogen-bond donors (Lipinski definition) is 0. The fraction of sp³-hybridized carbons (Fsp3) is 0.500. The van der Waals surface area contributed by atoms with E-state index in [-0.39, 0.29) is 0 Å². The minimum Gasteiger partial charge on any atom is -0.494 e. The van der Waals surface area contributed by atoms with Crippen molar-refractivity contribution in [1.82, 2.24) is 0 Å². The van der Waals surface area contributed by atoms with E-state index in [1.54, 1.807) is 0 Å². The van der Waals surface area contributed by atoms with Crippen molar-refractivity contribution in [2.24, 2.45) is 11.8 Å². The maximum absolute atomic E-state index is 5.82. The average molecular weight is 355 g/mol. The molecule has 0 radical (unpaired) electrons. The molecule has 0 N–H and O–H groups in total. The van der Waals surface area contributed by atoms with Crippen molar-refractivity contribution in [2.75, 3.05) is 13.2 Å². The second kappa shape index (κ2) is 10.9. The Morgan fingerprint density at radius 3 is 1.23 bits per heavy atom. The number of ether oxygens (including phenoxy) is 2. The van der Waals surface area contributed by atoms with Crippen LogP contribution in [0.5, 0.6) is 11.5 Å². The lowest BCUT2D eigenvalue weighted by molar-refractivity contribution is 0.266. The van der Waals surface area contributed by atoms with Gasteiger partial charge >= 0.3 is 0 Å². The van der Waals surface area contributed by atoms with Gasteiger partial charge in [0.05, 0.1) is 13.2 Å². The minimum absolute atomic E-state index is 0.688. The molecule has 2 aromatic rings. The van der Waals surface area contributed by atoms with Gasteiger partial charge in [-0.05, 0) is 72.9 Å². The van der Waals surface area contributed by atoms with Crippen LogP contribution in [0.3, 0.4) is 0 Å². The van der Waals surface area contributed by atoms with E-state index >= 15 is 0 Å². The van der Waals surface area contributed by atoms with Gasteiger partial charge in [0.1, 0.15) is 11.5 Å². The van der Waals surface area contributed by atoms with E-state index in [1.165, 1.54) is 11.1 Å². The van der Waals surface area contributed by atoms with E-state index < -0.39 is 0 Å². The summed E-state index contributed by atoms with van der Waals surface area (Å²) in [6, 6.07) is 17.0. The lowest BCUT2D eigenvalue weighted by Crippen LogP contribution is -2.03. The van der Waals surface area contributed by atoms with Gasteiger partial charge in [-0.1, -0.05) is 52.0 Å². The fourth-order valence-corrected chi connectivity index (χ4v) is 2.97. The molecule has 2 nitrogen and oxygen atoms in total. The number of rotatable bonds is 11. The lowest BCUT2D eigenvalue weighted by atomic mass is 10.0. The molecular weight excluding hydrogens is 320 g/mol. The second-order valence-corrected chi connectivity index (χ2v) is 7.89. The molecule has 0 amide bonds. The Labute approximate surface area is 159 Å².